The van der Waals surface area contributed by atoms with Gasteiger partial charge in [-0.3, -0.25) is 9.59 Å². The molecule has 1 aliphatic rings. The number of carboxylic acid groups (broad SMARTS) is 1. The van der Waals surface area contributed by atoms with Crippen LogP contribution < -0.4 is 0 Å². The Balaban J connectivity index is 2.44. The van der Waals surface area contributed by atoms with Gasteiger partial charge in [0, 0.05) is 6.54 Å². The highest BCUT2D eigenvalue weighted by molar-refractivity contribution is 8.00. The summed E-state index contributed by atoms with van der Waals surface area (Å²) in [4.78, 5) is 34.9. The number of carboxylic acids is 1. The van der Waals surface area contributed by atoms with Crippen molar-refractivity contribution in [3.05, 3.63) is 0 Å². The first-order valence-electron chi connectivity index (χ1n) is 5.23. The molecule has 0 bridgehead atoms. The maximum Gasteiger partial charge on any atom is 0.328 e. The second-order valence-corrected chi connectivity index (χ2v) is 4.64. The van der Waals surface area contributed by atoms with Crippen LogP contribution in [0.3, 0.4) is 0 Å². The molecule has 0 aromatic rings. The summed E-state index contributed by atoms with van der Waals surface area (Å²) in [5, 5.41) is 8.45. The third kappa shape index (κ3) is 3.92. The van der Waals surface area contributed by atoms with Gasteiger partial charge in [0.05, 0.1) is 18.6 Å². The van der Waals surface area contributed by atoms with Gasteiger partial charge < -0.3 is 14.7 Å². The van der Waals surface area contributed by atoms with E-state index >= 15 is 0 Å². The molecule has 1 N–H and O–H groups in total. The summed E-state index contributed by atoms with van der Waals surface area (Å²) >= 11 is 1.03. The van der Waals surface area contributed by atoms with Crippen molar-refractivity contribution in [3.63, 3.8) is 0 Å². The number of likely N-dealkylation sites (tertiary alicyclic amines) is 1. The molecule has 0 aliphatic carbocycles. The second-order valence-electron chi connectivity index (χ2n) is 3.65. The van der Waals surface area contributed by atoms with Gasteiger partial charge in [-0.1, -0.05) is 0 Å². The number of methoxy groups -OCH3 is 1. The highest BCUT2D eigenvalue weighted by atomic mass is 32.2. The summed E-state index contributed by atoms with van der Waals surface area (Å²) in [6, 6.07) is -0.502. The molecule has 0 spiro atoms. The zero-order valence-electron chi connectivity index (χ0n) is 9.55. The summed E-state index contributed by atoms with van der Waals surface area (Å²) in [6.45, 7) is 0.534. The molecule has 1 saturated heterocycles. The van der Waals surface area contributed by atoms with Crippen molar-refractivity contribution in [3.8, 4) is 0 Å². The van der Waals surface area contributed by atoms with E-state index in [1.165, 1.54) is 12.0 Å². The molecule has 17 heavy (non-hydrogen) atoms. The van der Waals surface area contributed by atoms with E-state index in [1.54, 1.807) is 0 Å². The lowest BCUT2D eigenvalue weighted by molar-refractivity contribution is -0.150. The van der Waals surface area contributed by atoms with Crippen LogP contribution in [0.2, 0.25) is 0 Å². The van der Waals surface area contributed by atoms with Gasteiger partial charge in [-0.2, -0.15) is 0 Å². The predicted octanol–water partition coefficient (Wildman–Crippen LogP) is -0.0318. The maximum absolute atomic E-state index is 11.8. The first kappa shape index (κ1) is 13.8. The number of carbonyl (C=O) groups excluding carboxylic acids is 2. The number of carbonyl (C=O) groups is 3. The van der Waals surface area contributed by atoms with Crippen LogP contribution in [0.1, 0.15) is 12.8 Å². The molecule has 0 aromatic heterocycles. The van der Waals surface area contributed by atoms with Crippen LogP contribution in [-0.2, 0) is 19.1 Å². The van der Waals surface area contributed by atoms with Gasteiger partial charge in [0.2, 0.25) is 5.91 Å². The van der Waals surface area contributed by atoms with Crippen molar-refractivity contribution >= 4 is 29.6 Å². The molecule has 6 nitrogen and oxygen atoms in total. The van der Waals surface area contributed by atoms with Crippen molar-refractivity contribution in [2.24, 2.45) is 0 Å². The van der Waals surface area contributed by atoms with E-state index < -0.39 is 18.0 Å². The molecule has 1 fully saturated rings. The highest BCUT2D eigenvalue weighted by Crippen LogP contribution is 2.19. The Morgan fingerprint density at radius 1 is 1.41 bits per heavy atom. The minimum atomic E-state index is -0.950. The van der Waals surface area contributed by atoms with Crippen LogP contribution in [-0.4, -0.2) is 59.1 Å². The number of rotatable bonds is 5. The van der Waals surface area contributed by atoms with Gasteiger partial charge >= 0.3 is 11.9 Å². The minimum Gasteiger partial charge on any atom is -0.481 e. The van der Waals surface area contributed by atoms with E-state index in [1.807, 2.05) is 0 Å². The van der Waals surface area contributed by atoms with E-state index in [0.29, 0.717) is 13.0 Å². The molecule has 1 aliphatic heterocycles. The smallest absolute Gasteiger partial charge is 0.328 e. The molecule has 1 heterocycles. The topological polar surface area (TPSA) is 83.9 Å². The molecule has 1 unspecified atom stereocenters. The largest absolute Gasteiger partial charge is 0.481 e. The molecular formula is C10H15NO5S. The highest BCUT2D eigenvalue weighted by Gasteiger charge is 2.34. The molecule has 7 heteroatoms. The number of amides is 1. The van der Waals surface area contributed by atoms with Crippen LogP contribution in [0.4, 0.5) is 0 Å². The van der Waals surface area contributed by atoms with E-state index in [4.69, 9.17) is 5.11 Å². The van der Waals surface area contributed by atoms with Crippen LogP contribution in [0, 0.1) is 0 Å². The van der Waals surface area contributed by atoms with Gasteiger partial charge in [0.25, 0.3) is 0 Å². The van der Waals surface area contributed by atoms with Gasteiger partial charge in [0.15, 0.2) is 0 Å². The van der Waals surface area contributed by atoms with E-state index in [9.17, 15) is 14.4 Å². The average Bonchev–Trinajstić information content (AvgIpc) is 2.76. The number of aliphatic carboxylic acids is 1. The Labute approximate surface area is 103 Å². The summed E-state index contributed by atoms with van der Waals surface area (Å²) in [6.07, 6.45) is 1.39. The Bertz CT molecular complexity index is 320. The lowest BCUT2D eigenvalue weighted by atomic mass is 10.2. The van der Waals surface area contributed by atoms with Crippen molar-refractivity contribution < 1.29 is 24.2 Å². The standard InChI is InChI=1S/C10H15NO5S/c1-16-10(15)7-3-2-4-11(7)8(12)5-17-6-9(13)14/h7H,2-6H2,1H3,(H,13,14). The molecule has 0 saturated carbocycles. The number of nitrogens with zero attached hydrogens (tertiary/aromatic N) is 1. The normalized spacial score (nSPS) is 19.1. The molecule has 1 amide bonds. The average molecular weight is 261 g/mol. The van der Waals surface area contributed by atoms with Gasteiger partial charge in [-0.15, -0.1) is 11.8 Å². The van der Waals surface area contributed by atoms with Crippen LogP contribution in [0.25, 0.3) is 0 Å². The van der Waals surface area contributed by atoms with E-state index in [-0.39, 0.29) is 17.4 Å². The lowest BCUT2D eigenvalue weighted by Crippen LogP contribution is -2.42. The fourth-order valence-corrected chi connectivity index (χ4v) is 2.37. The predicted molar refractivity (Wildman–Crippen MR) is 61.7 cm³/mol. The fourth-order valence-electron chi connectivity index (χ4n) is 1.75. The number of hydrogen-bond acceptors (Lipinski definition) is 5. The lowest BCUT2D eigenvalue weighted by Gasteiger charge is -2.22. The number of ether oxygens (including phenoxy) is 1. The summed E-state index contributed by atoms with van der Waals surface area (Å²) < 4.78 is 4.62. The minimum absolute atomic E-state index is 0.0831. The first-order valence-corrected chi connectivity index (χ1v) is 6.38. The van der Waals surface area contributed by atoms with E-state index in [0.717, 1.165) is 18.2 Å². The monoisotopic (exact) mass is 261 g/mol. The molecule has 1 atom stereocenters. The van der Waals surface area contributed by atoms with E-state index in [2.05, 4.69) is 4.74 Å². The first-order chi connectivity index (χ1) is 8.06. The van der Waals surface area contributed by atoms with Crippen LogP contribution in [0.5, 0.6) is 0 Å². The van der Waals surface area contributed by atoms with Crippen molar-refractivity contribution in [2.75, 3.05) is 25.2 Å². The Morgan fingerprint density at radius 3 is 2.71 bits per heavy atom. The van der Waals surface area contributed by atoms with Gasteiger partial charge in [0.1, 0.15) is 6.04 Å². The SMILES string of the molecule is COC(=O)C1CCCN1C(=O)CSCC(=O)O. The van der Waals surface area contributed by atoms with Gasteiger partial charge in [-0.05, 0) is 12.8 Å². The molecule has 0 aromatic carbocycles. The molecule has 1 rings (SSSR count). The Hall–Kier alpha value is -1.24. The quantitative estimate of drug-likeness (QED) is 0.700. The maximum atomic E-state index is 11.8. The fraction of sp³-hybridized carbons (Fsp3) is 0.700. The third-order valence-corrected chi connectivity index (χ3v) is 3.40. The molecule has 0 radical (unpaired) electrons. The number of esters is 1. The summed E-state index contributed by atoms with van der Waals surface area (Å²) in [5.41, 5.74) is 0. The van der Waals surface area contributed by atoms with Gasteiger partial charge in [-0.25, -0.2) is 4.79 Å². The molecular weight excluding hydrogens is 246 g/mol. The summed E-state index contributed by atoms with van der Waals surface area (Å²) in [7, 11) is 1.29. The molecule has 96 valence electrons. The zero-order chi connectivity index (χ0) is 12.8. The van der Waals surface area contributed by atoms with Crippen LogP contribution in [0.15, 0.2) is 0 Å². The number of hydrogen-bond donors (Lipinski definition) is 1. The summed E-state index contributed by atoms with van der Waals surface area (Å²) in [5.74, 6) is -1.58. The van der Waals surface area contributed by atoms with Crippen LogP contribution >= 0.6 is 11.8 Å². The zero-order valence-corrected chi connectivity index (χ0v) is 10.4. The second kappa shape index (κ2) is 6.48. The Morgan fingerprint density at radius 2 is 2.12 bits per heavy atom. The number of thioether (sulfide) groups is 1. The Kier molecular flexibility index (Phi) is 5.27. The van der Waals surface area contributed by atoms with Crippen molar-refractivity contribution in [1.82, 2.24) is 4.90 Å². The third-order valence-electron chi connectivity index (χ3n) is 2.50. The van der Waals surface area contributed by atoms with Crippen molar-refractivity contribution in [1.29, 1.82) is 0 Å². The van der Waals surface area contributed by atoms with Crippen molar-refractivity contribution in [2.45, 2.75) is 18.9 Å².